The van der Waals surface area contributed by atoms with Gasteiger partial charge in [-0.25, -0.2) is 9.18 Å². The van der Waals surface area contributed by atoms with Crippen molar-refractivity contribution < 1.29 is 14.3 Å². The zero-order chi connectivity index (χ0) is 13.2. The predicted octanol–water partition coefficient (Wildman–Crippen LogP) is 2.89. The molecule has 0 bridgehead atoms. The summed E-state index contributed by atoms with van der Waals surface area (Å²) in [5.74, 6) is -1.41. The van der Waals surface area contributed by atoms with Gasteiger partial charge in [-0.2, -0.15) is 0 Å². The minimum atomic E-state index is -1.25. The van der Waals surface area contributed by atoms with Gasteiger partial charge >= 0.3 is 5.97 Å². The van der Waals surface area contributed by atoms with Crippen LogP contribution in [0.4, 0.5) is 4.39 Å². The molecule has 0 saturated heterocycles. The smallest absolute Gasteiger partial charge is 0.328 e. The van der Waals surface area contributed by atoms with E-state index in [0.717, 1.165) is 0 Å². The molecule has 2 N–H and O–H groups in total. The summed E-state index contributed by atoms with van der Waals surface area (Å²) in [6, 6.07) is 3.98. The van der Waals surface area contributed by atoms with E-state index in [0.29, 0.717) is 10.0 Å². The molecule has 1 unspecified atom stereocenters. The van der Waals surface area contributed by atoms with Gasteiger partial charge in [0, 0.05) is 10.5 Å². The van der Waals surface area contributed by atoms with Crippen LogP contribution in [-0.2, 0) is 10.3 Å². The molecule has 0 aromatic heterocycles. The molecule has 0 amide bonds. The van der Waals surface area contributed by atoms with E-state index in [2.05, 4.69) is 21.2 Å². The number of aliphatic carboxylic acids is 1. The number of hydrogen-bond acceptors (Lipinski definition) is 2. The predicted molar refractivity (Wildman–Crippen MR) is 67.4 cm³/mol. The van der Waals surface area contributed by atoms with Crippen molar-refractivity contribution in [2.45, 2.75) is 32.4 Å². The number of benzene rings is 1. The third-order valence-electron chi connectivity index (χ3n) is 2.47. The van der Waals surface area contributed by atoms with Gasteiger partial charge in [0.25, 0.3) is 0 Å². The van der Waals surface area contributed by atoms with Crippen LogP contribution < -0.4 is 5.32 Å². The van der Waals surface area contributed by atoms with Crippen molar-refractivity contribution >= 4 is 21.9 Å². The van der Waals surface area contributed by atoms with Gasteiger partial charge in [-0.15, -0.1) is 0 Å². The van der Waals surface area contributed by atoms with E-state index in [1.165, 1.54) is 18.2 Å². The second-order valence-electron chi connectivity index (χ2n) is 4.35. The molecule has 0 radical (unpaired) electrons. The Kier molecular flexibility index (Phi) is 4.27. The van der Waals surface area contributed by atoms with Crippen LogP contribution >= 0.6 is 15.9 Å². The molecule has 1 atom stereocenters. The lowest BCUT2D eigenvalue weighted by molar-refractivity contribution is -0.145. The van der Waals surface area contributed by atoms with Gasteiger partial charge in [-0.05, 0) is 38.5 Å². The molecular weight excluding hydrogens is 289 g/mol. The summed E-state index contributed by atoms with van der Waals surface area (Å²) in [4.78, 5) is 11.4. The summed E-state index contributed by atoms with van der Waals surface area (Å²) in [6.45, 7) is 5.28. The number of nitrogens with one attached hydrogen (secondary N) is 1. The van der Waals surface area contributed by atoms with Crippen molar-refractivity contribution in [2.24, 2.45) is 0 Å². The molecule has 94 valence electrons. The van der Waals surface area contributed by atoms with E-state index in [4.69, 9.17) is 0 Å². The zero-order valence-corrected chi connectivity index (χ0v) is 11.5. The molecule has 0 saturated carbocycles. The Balaban J connectivity index is 3.27. The second-order valence-corrected chi connectivity index (χ2v) is 5.21. The second kappa shape index (κ2) is 5.14. The van der Waals surface area contributed by atoms with E-state index in [1.807, 2.05) is 13.8 Å². The van der Waals surface area contributed by atoms with E-state index in [1.54, 1.807) is 6.92 Å². The first-order valence-corrected chi connectivity index (χ1v) is 6.03. The van der Waals surface area contributed by atoms with Gasteiger partial charge in [0.05, 0.1) is 0 Å². The highest BCUT2D eigenvalue weighted by Gasteiger charge is 2.37. The monoisotopic (exact) mass is 303 g/mol. The summed E-state index contributed by atoms with van der Waals surface area (Å²) in [5.41, 5.74) is -0.749. The molecule has 0 aliphatic rings. The molecule has 0 aliphatic heterocycles. The Morgan fingerprint density at radius 1 is 1.53 bits per heavy atom. The molecule has 17 heavy (non-hydrogen) atoms. The summed E-state index contributed by atoms with van der Waals surface area (Å²) < 4.78 is 13.4. The topological polar surface area (TPSA) is 49.3 Å². The maximum absolute atomic E-state index is 13.0. The van der Waals surface area contributed by atoms with E-state index < -0.39 is 17.3 Å². The number of carboxylic acid groups (broad SMARTS) is 1. The Hall–Kier alpha value is -0.940. The molecule has 1 aromatic carbocycles. The highest BCUT2D eigenvalue weighted by molar-refractivity contribution is 9.10. The van der Waals surface area contributed by atoms with Gasteiger partial charge in [0.1, 0.15) is 11.4 Å². The first-order valence-electron chi connectivity index (χ1n) is 5.24. The largest absolute Gasteiger partial charge is 0.480 e. The fourth-order valence-electron chi connectivity index (χ4n) is 1.73. The van der Waals surface area contributed by atoms with Gasteiger partial charge in [-0.1, -0.05) is 22.0 Å². The van der Waals surface area contributed by atoms with Gasteiger partial charge in [0.2, 0.25) is 0 Å². The molecule has 1 aromatic rings. The lowest BCUT2D eigenvalue weighted by Crippen LogP contribution is -2.49. The van der Waals surface area contributed by atoms with Crippen LogP contribution in [0.2, 0.25) is 0 Å². The van der Waals surface area contributed by atoms with Crippen LogP contribution in [0.25, 0.3) is 0 Å². The maximum atomic E-state index is 13.0. The fourth-order valence-corrected chi connectivity index (χ4v) is 2.47. The van der Waals surface area contributed by atoms with Crippen LogP contribution in [0.1, 0.15) is 26.3 Å². The first-order chi connectivity index (χ1) is 7.77. The fraction of sp³-hybridized carbons (Fsp3) is 0.417. The van der Waals surface area contributed by atoms with Crippen molar-refractivity contribution in [3.05, 3.63) is 34.1 Å². The summed E-state index contributed by atoms with van der Waals surface area (Å²) >= 11 is 3.20. The van der Waals surface area contributed by atoms with E-state index in [9.17, 15) is 14.3 Å². The number of halogens is 2. The minimum Gasteiger partial charge on any atom is -0.480 e. The number of hydrogen-bond donors (Lipinski definition) is 2. The van der Waals surface area contributed by atoms with Crippen molar-refractivity contribution in [1.29, 1.82) is 0 Å². The van der Waals surface area contributed by atoms with Crippen LogP contribution in [0, 0.1) is 5.82 Å². The molecular formula is C12H15BrFNO2. The maximum Gasteiger partial charge on any atom is 0.328 e. The zero-order valence-electron chi connectivity index (χ0n) is 9.92. The number of carbonyl (C=O) groups is 1. The molecule has 5 heteroatoms. The lowest BCUT2D eigenvalue weighted by Gasteiger charge is -2.30. The van der Waals surface area contributed by atoms with Gasteiger partial charge < -0.3 is 5.11 Å². The van der Waals surface area contributed by atoms with Crippen molar-refractivity contribution in [2.75, 3.05) is 0 Å². The highest BCUT2D eigenvalue weighted by atomic mass is 79.9. The summed E-state index contributed by atoms with van der Waals surface area (Å²) in [5, 5.41) is 12.3. The Morgan fingerprint density at radius 3 is 2.53 bits per heavy atom. The van der Waals surface area contributed by atoms with E-state index in [-0.39, 0.29) is 6.04 Å². The molecule has 3 nitrogen and oxygen atoms in total. The molecule has 1 rings (SSSR count). The molecule has 0 aliphatic carbocycles. The van der Waals surface area contributed by atoms with E-state index >= 15 is 0 Å². The van der Waals surface area contributed by atoms with Crippen molar-refractivity contribution in [3.63, 3.8) is 0 Å². The van der Waals surface area contributed by atoms with Crippen LogP contribution in [0.3, 0.4) is 0 Å². The van der Waals surface area contributed by atoms with Crippen LogP contribution in [0.5, 0.6) is 0 Å². The van der Waals surface area contributed by atoms with Gasteiger partial charge in [0.15, 0.2) is 0 Å². The third kappa shape index (κ3) is 3.04. The summed E-state index contributed by atoms with van der Waals surface area (Å²) in [6.07, 6.45) is 0. The van der Waals surface area contributed by atoms with Crippen LogP contribution in [0.15, 0.2) is 22.7 Å². The SMILES string of the molecule is CC(C)NC(C)(C(=O)O)c1ccc(F)cc1Br. The average molecular weight is 304 g/mol. The minimum absolute atomic E-state index is 0.00643. The normalized spacial score (nSPS) is 14.7. The number of carboxylic acids is 1. The molecule has 0 heterocycles. The Labute approximate surface area is 108 Å². The average Bonchev–Trinajstić information content (AvgIpc) is 2.15. The lowest BCUT2D eigenvalue weighted by atomic mass is 9.91. The molecule has 0 fully saturated rings. The third-order valence-corrected chi connectivity index (χ3v) is 3.13. The van der Waals surface area contributed by atoms with Crippen molar-refractivity contribution in [1.82, 2.24) is 5.32 Å². The van der Waals surface area contributed by atoms with Gasteiger partial charge in [-0.3, -0.25) is 5.32 Å². The first kappa shape index (κ1) is 14.1. The number of rotatable bonds is 4. The Morgan fingerprint density at radius 2 is 2.12 bits per heavy atom. The standard InChI is InChI=1S/C12H15BrFNO2/c1-7(2)15-12(3,11(16)17)9-5-4-8(14)6-10(9)13/h4-7,15H,1-3H3,(H,16,17). The Bertz CT molecular complexity index is 437. The molecule has 0 spiro atoms. The van der Waals surface area contributed by atoms with Crippen molar-refractivity contribution in [3.8, 4) is 0 Å². The highest BCUT2D eigenvalue weighted by Crippen LogP contribution is 2.29. The quantitative estimate of drug-likeness (QED) is 0.899. The summed E-state index contributed by atoms with van der Waals surface area (Å²) in [7, 11) is 0. The van der Waals surface area contributed by atoms with Crippen LogP contribution in [-0.4, -0.2) is 17.1 Å².